The van der Waals surface area contributed by atoms with E-state index in [1.54, 1.807) is 18.5 Å². The molecule has 0 aromatic carbocycles. The smallest absolute Gasteiger partial charge is 0.407 e. The molecule has 104 valence electrons. The molecule has 0 saturated carbocycles. The van der Waals surface area contributed by atoms with Gasteiger partial charge in [-0.05, 0) is 6.07 Å². The van der Waals surface area contributed by atoms with E-state index >= 15 is 0 Å². The first-order valence-electron chi connectivity index (χ1n) is 6.23. The van der Waals surface area contributed by atoms with Gasteiger partial charge in [0.25, 0.3) is 0 Å². The molecule has 0 spiro atoms. The van der Waals surface area contributed by atoms with E-state index in [0.29, 0.717) is 23.8 Å². The van der Waals surface area contributed by atoms with Gasteiger partial charge >= 0.3 is 6.09 Å². The fourth-order valence-corrected chi connectivity index (χ4v) is 2.52. The standard InChI is InChI=1S/C13H14N4O3/c1-13(2)7-17(12(18)19)6-8-9(16-20-10(8)13)11-14-4-3-5-15-11/h3-5H,6-7H2,1-2H3,(H,18,19). The van der Waals surface area contributed by atoms with Crippen molar-refractivity contribution in [1.29, 1.82) is 0 Å². The van der Waals surface area contributed by atoms with E-state index in [4.69, 9.17) is 4.52 Å². The zero-order valence-corrected chi connectivity index (χ0v) is 11.2. The summed E-state index contributed by atoms with van der Waals surface area (Å²) in [6.45, 7) is 4.48. The van der Waals surface area contributed by atoms with E-state index < -0.39 is 11.5 Å². The number of carboxylic acid groups (broad SMARTS) is 1. The minimum absolute atomic E-state index is 0.241. The van der Waals surface area contributed by atoms with Crippen molar-refractivity contribution >= 4 is 6.09 Å². The number of fused-ring (bicyclic) bond motifs is 1. The second-order valence-corrected chi connectivity index (χ2v) is 5.43. The first kappa shape index (κ1) is 12.6. The van der Waals surface area contributed by atoms with Gasteiger partial charge in [0.15, 0.2) is 11.5 Å². The first-order chi connectivity index (χ1) is 9.49. The molecular weight excluding hydrogens is 260 g/mol. The zero-order valence-electron chi connectivity index (χ0n) is 11.2. The molecule has 7 nitrogen and oxygen atoms in total. The lowest BCUT2D eigenvalue weighted by molar-refractivity contribution is 0.118. The quantitative estimate of drug-likeness (QED) is 0.853. The van der Waals surface area contributed by atoms with E-state index in [1.807, 2.05) is 13.8 Å². The average molecular weight is 274 g/mol. The van der Waals surface area contributed by atoms with E-state index in [-0.39, 0.29) is 6.54 Å². The van der Waals surface area contributed by atoms with Crippen molar-refractivity contribution in [2.75, 3.05) is 6.54 Å². The van der Waals surface area contributed by atoms with Crippen LogP contribution >= 0.6 is 0 Å². The van der Waals surface area contributed by atoms with Crippen LogP contribution in [0.3, 0.4) is 0 Å². The van der Waals surface area contributed by atoms with Crippen LogP contribution in [0.5, 0.6) is 0 Å². The third-order valence-electron chi connectivity index (χ3n) is 3.39. The van der Waals surface area contributed by atoms with Crippen LogP contribution in [-0.2, 0) is 12.0 Å². The molecule has 1 amide bonds. The lowest BCUT2D eigenvalue weighted by atomic mass is 9.83. The van der Waals surface area contributed by atoms with Gasteiger partial charge in [-0.15, -0.1) is 0 Å². The predicted molar refractivity (Wildman–Crippen MR) is 69.0 cm³/mol. The third-order valence-corrected chi connectivity index (χ3v) is 3.39. The minimum atomic E-state index is -0.954. The summed E-state index contributed by atoms with van der Waals surface area (Å²) in [6, 6.07) is 1.71. The fourth-order valence-electron chi connectivity index (χ4n) is 2.52. The third kappa shape index (κ3) is 1.91. The van der Waals surface area contributed by atoms with E-state index in [1.165, 1.54) is 4.90 Å². The molecule has 1 N–H and O–H groups in total. The number of nitrogens with zero attached hydrogens (tertiary/aromatic N) is 4. The van der Waals surface area contributed by atoms with Crippen LogP contribution in [0.4, 0.5) is 4.79 Å². The molecule has 2 aromatic heterocycles. The number of hydrogen-bond acceptors (Lipinski definition) is 5. The maximum Gasteiger partial charge on any atom is 0.407 e. The Labute approximate surface area is 115 Å². The average Bonchev–Trinajstić information content (AvgIpc) is 2.84. The Morgan fingerprint density at radius 3 is 2.75 bits per heavy atom. The summed E-state index contributed by atoms with van der Waals surface area (Å²) in [4.78, 5) is 20.9. The fraction of sp³-hybridized carbons (Fsp3) is 0.385. The van der Waals surface area contributed by atoms with Gasteiger partial charge in [0.2, 0.25) is 0 Å². The molecule has 0 saturated heterocycles. The number of hydrogen-bond donors (Lipinski definition) is 1. The van der Waals surface area contributed by atoms with Crippen molar-refractivity contribution in [3.63, 3.8) is 0 Å². The van der Waals surface area contributed by atoms with Crippen molar-refractivity contribution in [2.45, 2.75) is 25.8 Å². The highest BCUT2D eigenvalue weighted by Crippen LogP contribution is 2.37. The van der Waals surface area contributed by atoms with Crippen LogP contribution < -0.4 is 0 Å². The van der Waals surface area contributed by atoms with Gasteiger partial charge in [0.05, 0.1) is 6.54 Å². The minimum Gasteiger partial charge on any atom is -0.465 e. The monoisotopic (exact) mass is 274 g/mol. The molecule has 1 aliphatic rings. The summed E-state index contributed by atoms with van der Waals surface area (Å²) in [5.74, 6) is 1.15. The van der Waals surface area contributed by atoms with E-state index in [2.05, 4.69) is 15.1 Å². The highest BCUT2D eigenvalue weighted by molar-refractivity contribution is 5.67. The van der Waals surface area contributed by atoms with Crippen molar-refractivity contribution in [2.24, 2.45) is 0 Å². The predicted octanol–water partition coefficient (Wildman–Crippen LogP) is 1.90. The Kier molecular flexibility index (Phi) is 2.70. The number of aromatic nitrogens is 3. The second-order valence-electron chi connectivity index (χ2n) is 5.43. The second kappa shape index (κ2) is 4.29. The summed E-state index contributed by atoms with van der Waals surface area (Å²) in [7, 11) is 0. The Morgan fingerprint density at radius 1 is 1.40 bits per heavy atom. The normalized spacial score (nSPS) is 16.8. The molecular formula is C13H14N4O3. The molecule has 0 bridgehead atoms. The lowest BCUT2D eigenvalue weighted by Gasteiger charge is -2.34. The zero-order chi connectivity index (χ0) is 14.3. The largest absolute Gasteiger partial charge is 0.465 e. The Morgan fingerprint density at radius 2 is 2.10 bits per heavy atom. The van der Waals surface area contributed by atoms with Crippen LogP contribution in [0.2, 0.25) is 0 Å². The van der Waals surface area contributed by atoms with Gasteiger partial charge in [-0.1, -0.05) is 19.0 Å². The maximum atomic E-state index is 11.3. The Bertz CT molecular complexity index is 651. The molecule has 3 heterocycles. The van der Waals surface area contributed by atoms with E-state index in [9.17, 15) is 9.90 Å². The number of rotatable bonds is 1. The SMILES string of the molecule is CC1(C)CN(C(=O)O)Cc2c(-c3ncccn3)noc21. The van der Waals surface area contributed by atoms with Crippen LogP contribution in [0.25, 0.3) is 11.5 Å². The first-order valence-corrected chi connectivity index (χ1v) is 6.23. The van der Waals surface area contributed by atoms with Crippen molar-refractivity contribution in [3.05, 3.63) is 29.8 Å². The topological polar surface area (TPSA) is 92.4 Å². The molecule has 0 unspecified atom stereocenters. The van der Waals surface area contributed by atoms with Gasteiger partial charge in [-0.3, -0.25) is 0 Å². The van der Waals surface area contributed by atoms with Crippen LogP contribution in [0.15, 0.2) is 23.0 Å². The summed E-state index contributed by atoms with van der Waals surface area (Å²) >= 11 is 0. The summed E-state index contributed by atoms with van der Waals surface area (Å²) < 4.78 is 5.44. The molecule has 0 aliphatic carbocycles. The van der Waals surface area contributed by atoms with Gasteiger partial charge in [-0.2, -0.15) is 0 Å². The Balaban J connectivity index is 2.11. The molecule has 0 radical (unpaired) electrons. The molecule has 7 heteroatoms. The molecule has 0 fully saturated rings. The molecule has 20 heavy (non-hydrogen) atoms. The molecule has 0 atom stereocenters. The van der Waals surface area contributed by atoms with Crippen molar-refractivity contribution < 1.29 is 14.4 Å². The summed E-state index contributed by atoms with van der Waals surface area (Å²) in [6.07, 6.45) is 2.28. The van der Waals surface area contributed by atoms with Gasteiger partial charge in [0, 0.05) is 29.9 Å². The van der Waals surface area contributed by atoms with Crippen molar-refractivity contribution in [1.82, 2.24) is 20.0 Å². The van der Waals surface area contributed by atoms with Gasteiger partial charge in [-0.25, -0.2) is 14.8 Å². The van der Waals surface area contributed by atoms with Crippen LogP contribution in [0.1, 0.15) is 25.2 Å². The molecule has 3 rings (SSSR count). The molecule has 2 aromatic rings. The lowest BCUT2D eigenvalue weighted by Crippen LogP contribution is -2.44. The highest BCUT2D eigenvalue weighted by Gasteiger charge is 2.40. The molecule has 1 aliphatic heterocycles. The van der Waals surface area contributed by atoms with E-state index in [0.717, 1.165) is 5.56 Å². The number of carbonyl (C=O) groups is 1. The number of amides is 1. The van der Waals surface area contributed by atoms with Gasteiger partial charge in [0.1, 0.15) is 5.76 Å². The van der Waals surface area contributed by atoms with Gasteiger partial charge < -0.3 is 14.5 Å². The Hall–Kier alpha value is -2.44. The van der Waals surface area contributed by atoms with Crippen molar-refractivity contribution in [3.8, 4) is 11.5 Å². The van der Waals surface area contributed by atoms with Crippen LogP contribution in [0, 0.1) is 0 Å². The maximum absolute atomic E-state index is 11.3. The summed E-state index contributed by atoms with van der Waals surface area (Å²) in [5, 5.41) is 13.3. The van der Waals surface area contributed by atoms with Crippen LogP contribution in [-0.4, -0.2) is 37.8 Å². The summed E-state index contributed by atoms with van der Waals surface area (Å²) in [5.41, 5.74) is 0.834. The highest BCUT2D eigenvalue weighted by atomic mass is 16.5.